The maximum Gasteiger partial charge on any atom is 0.129 e. The first kappa shape index (κ1) is 20.2. The summed E-state index contributed by atoms with van der Waals surface area (Å²) >= 11 is 0. The molecule has 0 aromatic heterocycles. The van der Waals surface area contributed by atoms with Gasteiger partial charge in [0.1, 0.15) is 5.78 Å². The van der Waals surface area contributed by atoms with Crippen LogP contribution in [0, 0.1) is 0 Å². The Hall–Kier alpha value is -0.790. The lowest BCUT2D eigenvalue weighted by atomic mass is 10.0. The fourth-order valence-corrected chi connectivity index (χ4v) is 2.67. The SMILES string of the molecule is C=C(N)CCCCCCCCCCCCCCCC(C)=O. The van der Waals surface area contributed by atoms with Crippen molar-refractivity contribution >= 4 is 5.78 Å². The Labute approximate surface area is 132 Å². The molecule has 0 heterocycles. The van der Waals surface area contributed by atoms with Gasteiger partial charge in [-0.2, -0.15) is 0 Å². The van der Waals surface area contributed by atoms with Crippen molar-refractivity contribution in [3.63, 3.8) is 0 Å². The lowest BCUT2D eigenvalue weighted by Crippen LogP contribution is -1.93. The molecule has 0 saturated heterocycles. The van der Waals surface area contributed by atoms with Gasteiger partial charge >= 0.3 is 0 Å². The van der Waals surface area contributed by atoms with Gasteiger partial charge in [-0.15, -0.1) is 0 Å². The van der Waals surface area contributed by atoms with Gasteiger partial charge in [-0.05, 0) is 26.2 Å². The van der Waals surface area contributed by atoms with Crippen LogP contribution in [0.4, 0.5) is 0 Å². The summed E-state index contributed by atoms with van der Waals surface area (Å²) in [5, 5.41) is 0. The molecule has 0 spiro atoms. The van der Waals surface area contributed by atoms with Gasteiger partial charge in [0.15, 0.2) is 0 Å². The summed E-state index contributed by atoms with van der Waals surface area (Å²) in [6, 6.07) is 0. The van der Waals surface area contributed by atoms with Gasteiger partial charge in [-0.3, -0.25) is 0 Å². The summed E-state index contributed by atoms with van der Waals surface area (Å²) in [6.07, 6.45) is 18.9. The van der Waals surface area contributed by atoms with E-state index >= 15 is 0 Å². The highest BCUT2D eigenvalue weighted by atomic mass is 16.1. The smallest absolute Gasteiger partial charge is 0.129 e. The van der Waals surface area contributed by atoms with Crippen LogP contribution in [-0.4, -0.2) is 5.78 Å². The molecule has 0 saturated carbocycles. The summed E-state index contributed by atoms with van der Waals surface area (Å²) in [4.78, 5) is 10.8. The van der Waals surface area contributed by atoms with Crippen LogP contribution < -0.4 is 5.73 Å². The van der Waals surface area contributed by atoms with Crippen LogP contribution in [0.15, 0.2) is 12.3 Å². The number of rotatable bonds is 16. The second-order valence-corrected chi connectivity index (χ2v) is 6.46. The first-order valence-corrected chi connectivity index (χ1v) is 9.05. The highest BCUT2D eigenvalue weighted by Crippen LogP contribution is 2.13. The third-order valence-electron chi connectivity index (χ3n) is 4.03. The molecule has 0 aromatic rings. The molecule has 0 fully saturated rings. The predicted octanol–water partition coefficient (Wildman–Crippen LogP) is 5.90. The van der Waals surface area contributed by atoms with E-state index < -0.39 is 0 Å². The predicted molar refractivity (Wildman–Crippen MR) is 93.3 cm³/mol. The third-order valence-corrected chi connectivity index (χ3v) is 4.03. The van der Waals surface area contributed by atoms with Crippen molar-refractivity contribution in [1.29, 1.82) is 0 Å². The Morgan fingerprint density at radius 1 is 0.667 bits per heavy atom. The highest BCUT2D eigenvalue weighted by molar-refractivity contribution is 5.75. The second-order valence-electron chi connectivity index (χ2n) is 6.46. The quantitative estimate of drug-likeness (QED) is 0.360. The van der Waals surface area contributed by atoms with Crippen LogP contribution in [0.5, 0.6) is 0 Å². The lowest BCUT2D eigenvalue weighted by molar-refractivity contribution is -0.117. The zero-order chi connectivity index (χ0) is 15.8. The Bertz CT molecular complexity index is 234. The van der Waals surface area contributed by atoms with Gasteiger partial charge in [-0.1, -0.05) is 77.2 Å². The zero-order valence-corrected chi connectivity index (χ0v) is 14.3. The molecule has 21 heavy (non-hydrogen) atoms. The molecule has 0 unspecified atom stereocenters. The van der Waals surface area contributed by atoms with Crippen molar-refractivity contribution in [3.8, 4) is 0 Å². The van der Waals surface area contributed by atoms with Crippen molar-refractivity contribution in [2.75, 3.05) is 0 Å². The van der Waals surface area contributed by atoms with Crippen molar-refractivity contribution in [2.45, 2.75) is 103 Å². The van der Waals surface area contributed by atoms with E-state index in [2.05, 4.69) is 6.58 Å². The van der Waals surface area contributed by atoms with E-state index in [-0.39, 0.29) is 0 Å². The Kier molecular flexibility index (Phi) is 15.0. The fraction of sp³-hybridized carbons (Fsp3) is 0.842. The summed E-state index contributed by atoms with van der Waals surface area (Å²) in [6.45, 7) is 5.41. The van der Waals surface area contributed by atoms with Crippen LogP contribution in [0.25, 0.3) is 0 Å². The molecule has 2 N–H and O–H groups in total. The summed E-state index contributed by atoms with van der Waals surface area (Å²) in [5.74, 6) is 0.336. The van der Waals surface area contributed by atoms with Gasteiger partial charge in [0.25, 0.3) is 0 Å². The molecule has 0 atom stereocenters. The largest absolute Gasteiger partial charge is 0.403 e. The van der Waals surface area contributed by atoms with E-state index in [0.29, 0.717) is 5.78 Å². The van der Waals surface area contributed by atoms with Crippen molar-refractivity contribution in [2.24, 2.45) is 5.73 Å². The molecule has 0 rings (SSSR count). The van der Waals surface area contributed by atoms with E-state index in [0.717, 1.165) is 25.0 Å². The molecule has 0 aliphatic rings. The highest BCUT2D eigenvalue weighted by Gasteiger charge is 1.96. The molecule has 2 nitrogen and oxygen atoms in total. The number of Topliss-reactive ketones (excluding diaryl/α,β-unsaturated/α-hetero) is 1. The fourth-order valence-electron chi connectivity index (χ4n) is 2.67. The van der Waals surface area contributed by atoms with Gasteiger partial charge in [0.05, 0.1) is 0 Å². The second kappa shape index (κ2) is 15.6. The van der Waals surface area contributed by atoms with Gasteiger partial charge in [-0.25, -0.2) is 0 Å². The van der Waals surface area contributed by atoms with Crippen molar-refractivity contribution in [1.82, 2.24) is 0 Å². The summed E-state index contributed by atoms with van der Waals surface area (Å²) < 4.78 is 0. The molecule has 0 aromatic carbocycles. The standard InChI is InChI=1S/C19H37NO/c1-18(20)16-14-12-10-8-6-4-3-5-7-9-11-13-15-17-19(2)21/h1,3-17,20H2,2H3. The zero-order valence-electron chi connectivity index (χ0n) is 14.3. The number of hydrogen-bond donors (Lipinski definition) is 1. The van der Waals surface area contributed by atoms with E-state index in [9.17, 15) is 4.79 Å². The van der Waals surface area contributed by atoms with Gasteiger partial charge in [0.2, 0.25) is 0 Å². The van der Waals surface area contributed by atoms with Crippen molar-refractivity contribution in [3.05, 3.63) is 12.3 Å². The molecule has 0 amide bonds. The van der Waals surface area contributed by atoms with E-state index in [4.69, 9.17) is 5.73 Å². The number of allylic oxidation sites excluding steroid dienone is 1. The van der Waals surface area contributed by atoms with Crippen LogP contribution in [0.1, 0.15) is 103 Å². The van der Waals surface area contributed by atoms with Gasteiger partial charge < -0.3 is 10.5 Å². The minimum Gasteiger partial charge on any atom is -0.403 e. The van der Waals surface area contributed by atoms with E-state index in [1.54, 1.807) is 6.92 Å². The molecule has 124 valence electrons. The Morgan fingerprint density at radius 3 is 1.24 bits per heavy atom. The average molecular weight is 296 g/mol. The minimum absolute atomic E-state index is 0.336. The number of nitrogens with two attached hydrogens (primary N) is 1. The van der Waals surface area contributed by atoms with Crippen LogP contribution in [-0.2, 0) is 4.79 Å². The Balaban J connectivity index is 2.99. The van der Waals surface area contributed by atoms with Gasteiger partial charge in [0, 0.05) is 12.1 Å². The molecule has 0 aliphatic heterocycles. The molecule has 0 radical (unpaired) electrons. The first-order chi connectivity index (χ1) is 10.1. The molecular weight excluding hydrogens is 258 g/mol. The van der Waals surface area contributed by atoms with Crippen LogP contribution in [0.3, 0.4) is 0 Å². The number of ketones is 1. The van der Waals surface area contributed by atoms with Crippen LogP contribution >= 0.6 is 0 Å². The summed E-state index contributed by atoms with van der Waals surface area (Å²) in [7, 11) is 0. The Morgan fingerprint density at radius 2 is 0.952 bits per heavy atom. The monoisotopic (exact) mass is 295 g/mol. The third kappa shape index (κ3) is 19.2. The summed E-state index contributed by atoms with van der Waals surface area (Å²) in [5.41, 5.74) is 6.37. The average Bonchev–Trinajstić information content (AvgIpc) is 2.42. The number of carbonyl (C=O) groups is 1. The number of carbonyl (C=O) groups excluding carboxylic acids is 1. The normalized spacial score (nSPS) is 10.7. The molecule has 0 aliphatic carbocycles. The maximum absolute atomic E-state index is 10.8. The number of hydrogen-bond acceptors (Lipinski definition) is 2. The molecule has 2 heteroatoms. The molecular formula is C19H37NO. The lowest BCUT2D eigenvalue weighted by Gasteiger charge is -2.03. The molecule has 0 bridgehead atoms. The first-order valence-electron chi connectivity index (χ1n) is 9.05. The topological polar surface area (TPSA) is 43.1 Å². The minimum atomic E-state index is 0.336. The number of unbranched alkanes of at least 4 members (excludes halogenated alkanes) is 12. The van der Waals surface area contributed by atoms with E-state index in [1.165, 1.54) is 77.0 Å². The van der Waals surface area contributed by atoms with Crippen LogP contribution in [0.2, 0.25) is 0 Å². The van der Waals surface area contributed by atoms with Crippen molar-refractivity contribution < 1.29 is 4.79 Å². The van der Waals surface area contributed by atoms with E-state index in [1.807, 2.05) is 0 Å². The maximum atomic E-state index is 10.8.